The van der Waals surface area contributed by atoms with Crippen LogP contribution in [0.5, 0.6) is 0 Å². The smallest absolute Gasteiger partial charge is 0.226 e. The molecule has 0 amide bonds. The van der Waals surface area contributed by atoms with E-state index in [1.54, 1.807) is 19.9 Å². The highest BCUT2D eigenvalue weighted by Crippen LogP contribution is 2.28. The van der Waals surface area contributed by atoms with Crippen LogP contribution in [0.25, 0.3) is 4.85 Å². The summed E-state index contributed by atoms with van der Waals surface area (Å²) in [5.41, 5.74) is 1.26. The molecule has 0 saturated heterocycles. The molecule has 0 spiro atoms. The second kappa shape index (κ2) is 3.25. The predicted molar refractivity (Wildman–Crippen MR) is 46.9 cm³/mol. The van der Waals surface area contributed by atoms with E-state index in [0.29, 0.717) is 5.56 Å². The summed E-state index contributed by atoms with van der Waals surface area (Å²) >= 11 is 0. The number of aryl methyl sites for hydroxylation is 1. The Hall–Kier alpha value is -1.87. The summed E-state index contributed by atoms with van der Waals surface area (Å²) in [6.07, 6.45) is 0. The molecule has 1 rings (SSSR count). The second-order valence-corrected chi connectivity index (χ2v) is 2.75. The molecule has 0 aliphatic rings. The fraction of sp³-hybridized carbons (Fsp3) is 0.200. The molecule has 0 atom stereocenters. The zero-order chi connectivity index (χ0) is 10.0. The van der Waals surface area contributed by atoms with Gasteiger partial charge in [-0.25, -0.2) is 9.24 Å². The van der Waals surface area contributed by atoms with Crippen LogP contribution in [0.2, 0.25) is 0 Å². The summed E-state index contributed by atoms with van der Waals surface area (Å²) in [6, 6.07) is 3.18. The van der Waals surface area contributed by atoms with Gasteiger partial charge in [0.1, 0.15) is 11.9 Å². The normalized spacial score (nSPS) is 9.00. The van der Waals surface area contributed by atoms with Gasteiger partial charge in [0.25, 0.3) is 0 Å². The van der Waals surface area contributed by atoms with Crippen LogP contribution in [0.1, 0.15) is 16.7 Å². The minimum atomic E-state index is -0.708. The Kier molecular flexibility index (Phi) is 2.30. The number of hydrogen-bond acceptors (Lipinski definition) is 1. The molecule has 2 nitrogen and oxygen atoms in total. The molecule has 1 aromatic carbocycles. The molecule has 0 radical (unpaired) electrons. The quantitative estimate of drug-likeness (QED) is 0.556. The highest BCUT2D eigenvalue weighted by Gasteiger charge is 2.12. The van der Waals surface area contributed by atoms with Crippen LogP contribution in [0, 0.1) is 37.6 Å². The highest BCUT2D eigenvalue weighted by atomic mass is 19.1. The summed E-state index contributed by atoms with van der Waals surface area (Å²) in [5.74, 6) is -0.708. The molecule has 0 saturated carbocycles. The molecular weight excluding hydrogens is 167 g/mol. The molecule has 0 aromatic heterocycles. The van der Waals surface area contributed by atoms with Gasteiger partial charge in [-0.15, -0.1) is 0 Å². The Morgan fingerprint density at radius 1 is 1.54 bits per heavy atom. The lowest BCUT2D eigenvalue weighted by Gasteiger charge is -2.04. The van der Waals surface area contributed by atoms with E-state index in [2.05, 4.69) is 4.85 Å². The topological polar surface area (TPSA) is 28.1 Å². The average Bonchev–Trinajstić information content (AvgIpc) is 2.12. The van der Waals surface area contributed by atoms with Gasteiger partial charge in [0.05, 0.1) is 12.1 Å². The lowest BCUT2D eigenvalue weighted by Crippen LogP contribution is -1.90. The third kappa shape index (κ3) is 1.37. The van der Waals surface area contributed by atoms with E-state index < -0.39 is 5.82 Å². The fourth-order valence-electron chi connectivity index (χ4n) is 1.08. The van der Waals surface area contributed by atoms with Gasteiger partial charge in [0, 0.05) is 0 Å². The molecule has 0 bridgehead atoms. The van der Waals surface area contributed by atoms with E-state index in [1.807, 2.05) is 0 Å². The first-order chi connectivity index (χ1) is 6.11. The summed E-state index contributed by atoms with van der Waals surface area (Å²) in [7, 11) is 0. The molecule has 0 unspecified atom stereocenters. The number of rotatable bonds is 0. The van der Waals surface area contributed by atoms with Gasteiger partial charge >= 0.3 is 0 Å². The Morgan fingerprint density at radius 3 is 2.62 bits per heavy atom. The van der Waals surface area contributed by atoms with Crippen molar-refractivity contribution in [2.24, 2.45) is 0 Å². The van der Waals surface area contributed by atoms with Crippen LogP contribution in [0.4, 0.5) is 10.1 Å². The Labute approximate surface area is 76.1 Å². The van der Waals surface area contributed by atoms with Crippen LogP contribution >= 0.6 is 0 Å². The zero-order valence-corrected chi connectivity index (χ0v) is 7.35. The van der Waals surface area contributed by atoms with Gasteiger partial charge in [-0.05, 0) is 25.5 Å². The van der Waals surface area contributed by atoms with Crippen molar-refractivity contribution < 1.29 is 4.39 Å². The SMILES string of the molecule is [C-]#[N+]c1c(C)c(C)cc(C#N)c1F. The highest BCUT2D eigenvalue weighted by molar-refractivity contribution is 5.60. The van der Waals surface area contributed by atoms with Crippen molar-refractivity contribution in [3.8, 4) is 6.07 Å². The van der Waals surface area contributed by atoms with Gasteiger partial charge in [0.2, 0.25) is 5.69 Å². The molecular formula is C10H7FN2. The lowest BCUT2D eigenvalue weighted by atomic mass is 10.0. The number of hydrogen-bond donors (Lipinski definition) is 0. The van der Waals surface area contributed by atoms with E-state index >= 15 is 0 Å². The van der Waals surface area contributed by atoms with Crippen LogP contribution in [0.3, 0.4) is 0 Å². The maximum absolute atomic E-state index is 13.3. The van der Waals surface area contributed by atoms with E-state index in [0.717, 1.165) is 5.56 Å². The van der Waals surface area contributed by atoms with Crippen LogP contribution in [-0.4, -0.2) is 0 Å². The number of nitriles is 1. The van der Waals surface area contributed by atoms with Crippen molar-refractivity contribution >= 4 is 5.69 Å². The van der Waals surface area contributed by atoms with Gasteiger partial charge in [-0.2, -0.15) is 5.26 Å². The standard InChI is InChI=1S/C10H7FN2/c1-6-4-8(5-12)9(11)10(13-3)7(6)2/h4H,1-2H3. The molecule has 64 valence electrons. The number of benzene rings is 1. The van der Waals surface area contributed by atoms with Gasteiger partial charge in [-0.3, -0.25) is 0 Å². The largest absolute Gasteiger partial charge is 0.235 e. The van der Waals surface area contributed by atoms with E-state index in [-0.39, 0.29) is 11.3 Å². The first kappa shape index (κ1) is 9.22. The van der Waals surface area contributed by atoms with Crippen molar-refractivity contribution in [1.29, 1.82) is 5.26 Å². The Bertz CT molecular complexity index is 436. The number of halogens is 1. The minimum absolute atomic E-state index is 0.0449. The molecule has 0 heterocycles. The Morgan fingerprint density at radius 2 is 2.15 bits per heavy atom. The van der Waals surface area contributed by atoms with E-state index in [4.69, 9.17) is 11.8 Å². The second-order valence-electron chi connectivity index (χ2n) is 2.75. The summed E-state index contributed by atoms with van der Waals surface area (Å²) < 4.78 is 13.3. The Balaban J connectivity index is 3.63. The lowest BCUT2D eigenvalue weighted by molar-refractivity contribution is 0.628. The van der Waals surface area contributed by atoms with Crippen LogP contribution in [-0.2, 0) is 0 Å². The fourth-order valence-corrected chi connectivity index (χ4v) is 1.08. The van der Waals surface area contributed by atoms with Crippen molar-refractivity contribution in [3.63, 3.8) is 0 Å². The van der Waals surface area contributed by atoms with E-state index in [9.17, 15) is 4.39 Å². The first-order valence-corrected chi connectivity index (χ1v) is 3.69. The maximum Gasteiger partial charge on any atom is 0.226 e. The third-order valence-corrected chi connectivity index (χ3v) is 1.98. The molecule has 0 N–H and O–H groups in total. The summed E-state index contributed by atoms with van der Waals surface area (Å²) in [5, 5.41) is 8.56. The third-order valence-electron chi connectivity index (χ3n) is 1.98. The predicted octanol–water partition coefficient (Wildman–Crippen LogP) is 2.87. The minimum Gasteiger partial charge on any atom is -0.235 e. The molecule has 3 heteroatoms. The van der Waals surface area contributed by atoms with Crippen molar-refractivity contribution in [2.45, 2.75) is 13.8 Å². The maximum atomic E-state index is 13.3. The number of nitrogens with zero attached hydrogens (tertiary/aromatic N) is 2. The molecule has 13 heavy (non-hydrogen) atoms. The van der Waals surface area contributed by atoms with Gasteiger partial charge in [0.15, 0.2) is 0 Å². The average molecular weight is 174 g/mol. The molecule has 0 fully saturated rings. The monoisotopic (exact) mass is 174 g/mol. The zero-order valence-electron chi connectivity index (χ0n) is 7.35. The van der Waals surface area contributed by atoms with Crippen molar-refractivity contribution in [2.75, 3.05) is 0 Å². The molecule has 1 aromatic rings. The van der Waals surface area contributed by atoms with Crippen molar-refractivity contribution in [3.05, 3.63) is 40.0 Å². The van der Waals surface area contributed by atoms with Crippen molar-refractivity contribution in [1.82, 2.24) is 0 Å². The van der Waals surface area contributed by atoms with Gasteiger partial charge < -0.3 is 0 Å². The summed E-state index contributed by atoms with van der Waals surface area (Å²) in [4.78, 5) is 3.06. The van der Waals surface area contributed by atoms with E-state index in [1.165, 1.54) is 6.07 Å². The van der Waals surface area contributed by atoms with Gasteiger partial charge in [-0.1, -0.05) is 5.56 Å². The first-order valence-electron chi connectivity index (χ1n) is 3.69. The molecule has 0 aliphatic carbocycles. The van der Waals surface area contributed by atoms with Crippen LogP contribution < -0.4 is 0 Å². The molecule has 0 aliphatic heterocycles. The van der Waals surface area contributed by atoms with Crippen LogP contribution in [0.15, 0.2) is 6.07 Å². The summed E-state index contributed by atoms with van der Waals surface area (Å²) in [6.45, 7) is 10.2.